The second-order valence-corrected chi connectivity index (χ2v) is 7.14. The first kappa shape index (κ1) is 22.8. The lowest BCUT2D eigenvalue weighted by Crippen LogP contribution is -2.41. The molecule has 0 saturated carbocycles. The van der Waals surface area contributed by atoms with Crippen LogP contribution < -0.4 is 10.6 Å². The van der Waals surface area contributed by atoms with Gasteiger partial charge in [0.05, 0.1) is 12.2 Å². The number of pyridine rings is 1. The van der Waals surface area contributed by atoms with Crippen LogP contribution in [0.3, 0.4) is 0 Å². The van der Waals surface area contributed by atoms with E-state index in [1.807, 2.05) is 36.9 Å². The van der Waals surface area contributed by atoms with E-state index in [-0.39, 0.29) is 0 Å². The molecular weight excluding hydrogens is 366 g/mol. The number of nitrogens with one attached hydrogen (secondary N) is 2. The monoisotopic (exact) mass is 401 g/mol. The Morgan fingerprint density at radius 3 is 2.69 bits per heavy atom. The van der Waals surface area contributed by atoms with Crippen molar-refractivity contribution in [3.63, 3.8) is 0 Å². The SMILES string of the molecule is CCNC(=NCc1ccc(-n2nc(C)cc2C)nc1)NCCN(C)CCCOC. The van der Waals surface area contributed by atoms with Gasteiger partial charge in [0.1, 0.15) is 0 Å². The summed E-state index contributed by atoms with van der Waals surface area (Å²) in [5, 5.41) is 11.2. The first-order valence-electron chi connectivity index (χ1n) is 10.2. The molecule has 0 bridgehead atoms. The standard InChI is InChI=1S/C21H35N7O/c1-6-22-21(23-10-12-27(4)11-7-13-29-5)25-16-19-8-9-20(24-15-19)28-18(3)14-17(2)26-28/h8-9,14-15H,6-7,10-13,16H2,1-5H3,(H2,22,23,25). The summed E-state index contributed by atoms with van der Waals surface area (Å²) in [7, 11) is 3.86. The maximum atomic E-state index is 5.10. The van der Waals surface area contributed by atoms with Gasteiger partial charge >= 0.3 is 0 Å². The third kappa shape index (κ3) is 7.83. The van der Waals surface area contributed by atoms with Gasteiger partial charge in [0.25, 0.3) is 0 Å². The average Bonchev–Trinajstić information content (AvgIpc) is 3.05. The van der Waals surface area contributed by atoms with E-state index in [0.717, 1.165) is 67.9 Å². The highest BCUT2D eigenvalue weighted by Gasteiger charge is 2.05. The van der Waals surface area contributed by atoms with Gasteiger partial charge < -0.3 is 20.3 Å². The molecule has 2 rings (SSSR count). The molecule has 0 aliphatic carbocycles. The van der Waals surface area contributed by atoms with Crippen LogP contribution in [0.5, 0.6) is 0 Å². The average molecular weight is 402 g/mol. The van der Waals surface area contributed by atoms with Crippen LogP contribution in [0.1, 0.15) is 30.3 Å². The van der Waals surface area contributed by atoms with Gasteiger partial charge in [0.2, 0.25) is 0 Å². The van der Waals surface area contributed by atoms with Gasteiger partial charge in [-0.2, -0.15) is 5.10 Å². The molecule has 0 fully saturated rings. The zero-order valence-corrected chi connectivity index (χ0v) is 18.4. The van der Waals surface area contributed by atoms with Crippen LogP contribution in [0.2, 0.25) is 0 Å². The molecule has 0 amide bonds. The summed E-state index contributed by atoms with van der Waals surface area (Å²) < 4.78 is 6.96. The third-order valence-electron chi connectivity index (χ3n) is 4.47. The van der Waals surface area contributed by atoms with Crippen molar-refractivity contribution in [2.24, 2.45) is 4.99 Å². The molecule has 2 N–H and O–H groups in total. The van der Waals surface area contributed by atoms with Crippen LogP contribution >= 0.6 is 0 Å². The first-order valence-corrected chi connectivity index (χ1v) is 10.2. The summed E-state index contributed by atoms with van der Waals surface area (Å²) in [5.41, 5.74) is 3.12. The normalized spacial score (nSPS) is 11.9. The van der Waals surface area contributed by atoms with Gasteiger partial charge in [-0.3, -0.25) is 0 Å². The molecule has 29 heavy (non-hydrogen) atoms. The number of hydrogen-bond donors (Lipinski definition) is 2. The highest BCUT2D eigenvalue weighted by atomic mass is 16.5. The van der Waals surface area contributed by atoms with Crippen LogP contribution in [0.15, 0.2) is 29.4 Å². The Morgan fingerprint density at radius 2 is 2.07 bits per heavy atom. The maximum absolute atomic E-state index is 5.10. The molecule has 0 saturated heterocycles. The highest BCUT2D eigenvalue weighted by Crippen LogP contribution is 2.10. The van der Waals surface area contributed by atoms with Crippen molar-refractivity contribution in [1.29, 1.82) is 0 Å². The van der Waals surface area contributed by atoms with Gasteiger partial charge in [0, 0.05) is 51.8 Å². The number of guanidine groups is 1. The van der Waals surface area contributed by atoms with Crippen LogP contribution in [0, 0.1) is 13.8 Å². The number of rotatable bonds is 11. The highest BCUT2D eigenvalue weighted by molar-refractivity contribution is 5.79. The Bertz CT molecular complexity index is 755. The molecule has 8 heteroatoms. The predicted molar refractivity (Wildman–Crippen MR) is 118 cm³/mol. The minimum Gasteiger partial charge on any atom is -0.385 e. The van der Waals surface area contributed by atoms with Crippen molar-refractivity contribution in [2.45, 2.75) is 33.7 Å². The Kier molecular flexibility index (Phi) is 9.59. The van der Waals surface area contributed by atoms with Crippen LogP contribution in [-0.2, 0) is 11.3 Å². The summed E-state index contributed by atoms with van der Waals surface area (Å²) >= 11 is 0. The Labute approximate surface area is 174 Å². The van der Waals surface area contributed by atoms with E-state index < -0.39 is 0 Å². The van der Waals surface area contributed by atoms with Crippen LogP contribution in [0.25, 0.3) is 5.82 Å². The molecule has 160 valence electrons. The topological polar surface area (TPSA) is 79.6 Å². The second kappa shape index (κ2) is 12.2. The zero-order chi connectivity index (χ0) is 21.1. The summed E-state index contributed by atoms with van der Waals surface area (Å²) in [4.78, 5) is 11.5. The quantitative estimate of drug-likeness (QED) is 0.340. The van der Waals surface area contributed by atoms with Crippen molar-refractivity contribution in [3.05, 3.63) is 41.3 Å². The van der Waals surface area contributed by atoms with Gasteiger partial charge in [0.15, 0.2) is 11.8 Å². The van der Waals surface area contributed by atoms with E-state index in [4.69, 9.17) is 4.74 Å². The lowest BCUT2D eigenvalue weighted by Gasteiger charge is -2.18. The van der Waals surface area contributed by atoms with E-state index in [9.17, 15) is 0 Å². The van der Waals surface area contributed by atoms with Gasteiger partial charge in [-0.25, -0.2) is 14.7 Å². The molecule has 0 aliphatic heterocycles. The van der Waals surface area contributed by atoms with Crippen molar-refractivity contribution in [1.82, 2.24) is 30.3 Å². The van der Waals surface area contributed by atoms with Gasteiger partial charge in [-0.15, -0.1) is 0 Å². The second-order valence-electron chi connectivity index (χ2n) is 7.14. The molecule has 8 nitrogen and oxygen atoms in total. The van der Waals surface area contributed by atoms with Crippen LogP contribution in [0.4, 0.5) is 0 Å². The molecule has 0 atom stereocenters. The van der Waals surface area contributed by atoms with E-state index >= 15 is 0 Å². The fourth-order valence-corrected chi connectivity index (χ4v) is 2.96. The zero-order valence-electron chi connectivity index (χ0n) is 18.4. The number of aliphatic imine (C=N–C) groups is 1. The summed E-state index contributed by atoms with van der Waals surface area (Å²) in [5.74, 6) is 1.64. The minimum atomic E-state index is 0.573. The van der Waals surface area contributed by atoms with Crippen molar-refractivity contribution in [3.8, 4) is 5.82 Å². The van der Waals surface area contributed by atoms with E-state index in [1.165, 1.54) is 0 Å². The van der Waals surface area contributed by atoms with Crippen molar-refractivity contribution >= 4 is 5.96 Å². The summed E-state index contributed by atoms with van der Waals surface area (Å²) in [6.45, 7) is 11.1. The molecule has 2 aromatic heterocycles. The number of nitrogens with zero attached hydrogens (tertiary/aromatic N) is 5. The molecule has 0 aromatic carbocycles. The number of hydrogen-bond acceptors (Lipinski definition) is 5. The van der Waals surface area contributed by atoms with E-state index in [1.54, 1.807) is 7.11 Å². The van der Waals surface area contributed by atoms with Crippen molar-refractivity contribution in [2.75, 3.05) is 46.9 Å². The molecule has 0 aliphatic rings. The van der Waals surface area contributed by atoms with Gasteiger partial charge in [-0.05, 0) is 51.9 Å². The first-order chi connectivity index (χ1) is 14.0. The van der Waals surface area contributed by atoms with Gasteiger partial charge in [-0.1, -0.05) is 6.07 Å². The number of ether oxygens (including phenoxy) is 1. The minimum absolute atomic E-state index is 0.573. The lowest BCUT2D eigenvalue weighted by atomic mass is 10.3. The Morgan fingerprint density at radius 1 is 1.24 bits per heavy atom. The molecule has 0 spiro atoms. The third-order valence-corrected chi connectivity index (χ3v) is 4.47. The van der Waals surface area contributed by atoms with Crippen LogP contribution in [-0.4, -0.2) is 72.6 Å². The largest absolute Gasteiger partial charge is 0.385 e. The maximum Gasteiger partial charge on any atom is 0.191 e. The number of methoxy groups -OCH3 is 1. The Hall–Kier alpha value is -2.45. The van der Waals surface area contributed by atoms with E-state index in [2.05, 4.69) is 50.6 Å². The summed E-state index contributed by atoms with van der Waals surface area (Å²) in [6.07, 6.45) is 2.91. The van der Waals surface area contributed by atoms with E-state index in [0.29, 0.717) is 6.54 Å². The fourth-order valence-electron chi connectivity index (χ4n) is 2.96. The van der Waals surface area contributed by atoms with Crippen molar-refractivity contribution < 1.29 is 4.74 Å². The number of aryl methyl sites for hydroxylation is 2. The Balaban J connectivity index is 1.86. The molecule has 0 radical (unpaired) electrons. The molecule has 2 aromatic rings. The number of aromatic nitrogens is 3. The molecule has 2 heterocycles. The summed E-state index contributed by atoms with van der Waals surface area (Å²) in [6, 6.07) is 6.08. The number of likely N-dealkylation sites (N-methyl/N-ethyl adjacent to an activating group) is 1. The lowest BCUT2D eigenvalue weighted by molar-refractivity contribution is 0.180. The predicted octanol–water partition coefficient (Wildman–Crippen LogP) is 1.91. The molecule has 0 unspecified atom stereocenters. The smallest absolute Gasteiger partial charge is 0.191 e. The fraction of sp³-hybridized carbons (Fsp3) is 0.571. The molecular formula is C21H35N7O.